The number of nitrogens with zero attached hydrogens (tertiary/aromatic N) is 1. The van der Waals surface area contributed by atoms with E-state index in [0.717, 1.165) is 0 Å². The van der Waals surface area contributed by atoms with Crippen LogP contribution >= 0.6 is 0 Å². The van der Waals surface area contributed by atoms with E-state index in [1.807, 2.05) is 0 Å². The molecule has 0 amide bonds. The van der Waals surface area contributed by atoms with E-state index < -0.39 is 5.97 Å². The van der Waals surface area contributed by atoms with Gasteiger partial charge in [-0.15, -0.1) is 0 Å². The summed E-state index contributed by atoms with van der Waals surface area (Å²) in [4.78, 5) is 25.4. The van der Waals surface area contributed by atoms with Gasteiger partial charge in [0.25, 0.3) is 5.88 Å². The van der Waals surface area contributed by atoms with Gasteiger partial charge in [0.05, 0.1) is 40.4 Å². The minimum Gasteiger partial charge on any atom is -0.496 e. The van der Waals surface area contributed by atoms with Crippen molar-refractivity contribution in [3.8, 4) is 34.6 Å². The maximum absolute atomic E-state index is 13.0. The molecule has 0 spiro atoms. The smallest absolute Gasteiger partial charge is 0.311 e. The Bertz CT molecular complexity index is 1340. The average molecular weight is 495 g/mol. The number of rotatable bonds is 9. The summed E-state index contributed by atoms with van der Waals surface area (Å²) < 4.78 is 37.6. The van der Waals surface area contributed by atoms with E-state index in [9.17, 15) is 9.59 Å². The lowest BCUT2D eigenvalue weighted by molar-refractivity contribution is -0.134. The third kappa shape index (κ3) is 4.83. The van der Waals surface area contributed by atoms with Crippen molar-refractivity contribution in [3.05, 3.63) is 58.5 Å². The van der Waals surface area contributed by atoms with Crippen molar-refractivity contribution in [2.45, 2.75) is 19.8 Å². The van der Waals surface area contributed by atoms with Gasteiger partial charge in [-0.1, -0.05) is 0 Å². The van der Waals surface area contributed by atoms with Crippen molar-refractivity contribution in [3.63, 3.8) is 0 Å². The Balaban J connectivity index is 1.53. The van der Waals surface area contributed by atoms with Gasteiger partial charge in [0.1, 0.15) is 23.0 Å². The maximum Gasteiger partial charge on any atom is 0.311 e. The Morgan fingerprint density at radius 3 is 2.33 bits per heavy atom. The normalized spacial score (nSPS) is 13.2. The number of methoxy groups -OCH3 is 4. The number of fused-ring (bicyclic) bond motifs is 1. The van der Waals surface area contributed by atoms with Crippen LogP contribution in [0, 0.1) is 6.92 Å². The zero-order chi connectivity index (χ0) is 25.8. The Hall–Kier alpha value is -4.47. The first-order chi connectivity index (χ1) is 17.4. The van der Waals surface area contributed by atoms with Crippen LogP contribution < -0.4 is 28.4 Å². The van der Waals surface area contributed by atoms with Crippen LogP contribution in [-0.4, -0.2) is 45.3 Å². The first kappa shape index (κ1) is 24.6. The molecule has 2 heterocycles. The lowest BCUT2D eigenvalue weighted by atomic mass is 10.1. The van der Waals surface area contributed by atoms with Gasteiger partial charge in [0.15, 0.2) is 17.3 Å². The Morgan fingerprint density at radius 1 is 0.944 bits per heavy atom. The number of ketones is 1. The second kappa shape index (κ2) is 10.4. The summed E-state index contributed by atoms with van der Waals surface area (Å²) in [5.41, 5.74) is 1.46. The Kier molecular flexibility index (Phi) is 7.14. The van der Waals surface area contributed by atoms with E-state index >= 15 is 0 Å². The molecule has 0 unspecified atom stereocenters. The van der Waals surface area contributed by atoms with Crippen LogP contribution in [-0.2, 0) is 11.2 Å². The number of benzene rings is 2. The molecule has 4 rings (SSSR count). The van der Waals surface area contributed by atoms with E-state index in [0.29, 0.717) is 63.5 Å². The maximum atomic E-state index is 13.0. The third-order valence-corrected chi connectivity index (χ3v) is 5.60. The van der Waals surface area contributed by atoms with Gasteiger partial charge in [-0.3, -0.25) is 9.59 Å². The molecule has 1 aliphatic rings. The molecule has 10 nitrogen and oxygen atoms in total. The highest BCUT2D eigenvalue weighted by molar-refractivity contribution is 6.15. The highest BCUT2D eigenvalue weighted by Gasteiger charge is 2.31. The van der Waals surface area contributed by atoms with Crippen molar-refractivity contribution in [1.82, 2.24) is 5.16 Å². The lowest BCUT2D eigenvalue weighted by Crippen LogP contribution is -2.10. The number of carbonyl (C=O) groups is 2. The zero-order valence-corrected chi connectivity index (χ0v) is 20.5. The topological polar surface area (TPSA) is 116 Å². The Morgan fingerprint density at radius 2 is 1.67 bits per heavy atom. The molecule has 0 saturated carbocycles. The number of hydrogen-bond acceptors (Lipinski definition) is 10. The van der Waals surface area contributed by atoms with Crippen LogP contribution in [0.2, 0.25) is 0 Å². The van der Waals surface area contributed by atoms with Crippen molar-refractivity contribution in [1.29, 1.82) is 0 Å². The van der Waals surface area contributed by atoms with Gasteiger partial charge < -0.3 is 32.9 Å². The fraction of sp³-hybridized carbons (Fsp3) is 0.269. The molecule has 0 aliphatic carbocycles. The lowest BCUT2D eigenvalue weighted by Gasteiger charge is -2.12. The van der Waals surface area contributed by atoms with Gasteiger partial charge >= 0.3 is 5.97 Å². The number of allylic oxidation sites excluding steroid dienone is 1. The molecule has 0 fully saturated rings. The van der Waals surface area contributed by atoms with Gasteiger partial charge in [-0.2, -0.15) is 0 Å². The van der Waals surface area contributed by atoms with Gasteiger partial charge in [0, 0.05) is 29.7 Å². The van der Waals surface area contributed by atoms with E-state index in [2.05, 4.69) is 5.16 Å². The van der Waals surface area contributed by atoms with E-state index in [1.165, 1.54) is 28.4 Å². The molecule has 0 bridgehead atoms. The molecule has 0 N–H and O–H groups in total. The molecule has 0 atom stereocenters. The van der Waals surface area contributed by atoms with Crippen LogP contribution in [0.5, 0.6) is 34.6 Å². The fourth-order valence-electron chi connectivity index (χ4n) is 3.69. The molecular weight excluding hydrogens is 470 g/mol. The predicted molar refractivity (Wildman–Crippen MR) is 127 cm³/mol. The van der Waals surface area contributed by atoms with Gasteiger partial charge in [-0.05, 0) is 36.4 Å². The third-order valence-electron chi connectivity index (χ3n) is 5.60. The number of carbonyl (C=O) groups excluding carboxylic acids is 2. The highest BCUT2D eigenvalue weighted by Crippen LogP contribution is 2.41. The van der Waals surface area contributed by atoms with Crippen molar-refractivity contribution < 1.29 is 42.5 Å². The summed E-state index contributed by atoms with van der Waals surface area (Å²) >= 11 is 0. The molecule has 1 aliphatic heterocycles. The van der Waals surface area contributed by atoms with Crippen LogP contribution in [0.15, 0.2) is 40.6 Å². The molecule has 0 saturated heterocycles. The molecule has 0 radical (unpaired) electrons. The quantitative estimate of drug-likeness (QED) is 0.243. The number of aryl methyl sites for hydroxylation is 1. The summed E-state index contributed by atoms with van der Waals surface area (Å²) in [7, 11) is 6.03. The van der Waals surface area contributed by atoms with Crippen LogP contribution in [0.4, 0.5) is 0 Å². The van der Waals surface area contributed by atoms with Crippen molar-refractivity contribution >= 4 is 17.8 Å². The SMILES string of the molecule is COc1cc(CCC(=O)Oc2ccc3c(c2C)O/C(=C\c2cc(OC)c(OC)cc2OC)C3=O)on1. The van der Waals surface area contributed by atoms with Gasteiger partial charge in [-0.25, -0.2) is 0 Å². The van der Waals surface area contributed by atoms with E-state index in [1.54, 1.807) is 43.3 Å². The second-order valence-electron chi connectivity index (χ2n) is 7.76. The summed E-state index contributed by atoms with van der Waals surface area (Å²) in [6.45, 7) is 1.72. The minimum absolute atomic E-state index is 0.0684. The predicted octanol–water partition coefficient (Wildman–Crippen LogP) is 4.17. The number of aromatic nitrogens is 1. The average Bonchev–Trinajstić information content (AvgIpc) is 3.48. The van der Waals surface area contributed by atoms with E-state index in [4.69, 9.17) is 32.9 Å². The highest BCUT2D eigenvalue weighted by atomic mass is 16.5. The van der Waals surface area contributed by atoms with E-state index in [-0.39, 0.29) is 18.0 Å². The van der Waals surface area contributed by atoms with Crippen molar-refractivity contribution in [2.75, 3.05) is 28.4 Å². The number of ether oxygens (including phenoxy) is 6. The molecule has 1 aromatic heterocycles. The fourth-order valence-corrected chi connectivity index (χ4v) is 3.69. The molecular formula is C26H25NO9. The first-order valence-electron chi connectivity index (χ1n) is 11.0. The summed E-state index contributed by atoms with van der Waals surface area (Å²) in [5.74, 6) is 2.23. The minimum atomic E-state index is -0.469. The van der Waals surface area contributed by atoms with Crippen LogP contribution in [0.1, 0.15) is 33.7 Å². The second-order valence-corrected chi connectivity index (χ2v) is 7.76. The summed E-state index contributed by atoms with van der Waals surface area (Å²) in [6, 6.07) is 8.10. The van der Waals surface area contributed by atoms with Crippen molar-refractivity contribution in [2.24, 2.45) is 0 Å². The molecule has 188 valence electrons. The number of Topliss-reactive ketones (excluding diaryl/α,β-unsaturated/α-hetero) is 1. The number of hydrogen-bond donors (Lipinski definition) is 0. The summed E-state index contributed by atoms with van der Waals surface area (Å²) in [5, 5.41) is 3.70. The molecule has 2 aromatic carbocycles. The zero-order valence-electron chi connectivity index (χ0n) is 20.5. The number of esters is 1. The largest absolute Gasteiger partial charge is 0.496 e. The summed E-state index contributed by atoms with van der Waals surface area (Å²) in [6.07, 6.45) is 1.94. The standard InChI is InChI=1S/C26H25NO9/c1-14-18(34-24(28)9-6-16-12-23(33-5)27-36-16)8-7-17-25(29)22(35-26(14)17)11-15-10-20(31-3)21(32-4)13-19(15)30-2/h7-8,10-13H,6,9H2,1-5H3/b22-11-. The molecule has 36 heavy (non-hydrogen) atoms. The van der Waals surface area contributed by atoms with Crippen LogP contribution in [0.3, 0.4) is 0 Å². The first-order valence-corrected chi connectivity index (χ1v) is 11.0. The van der Waals surface area contributed by atoms with Crippen LogP contribution in [0.25, 0.3) is 6.08 Å². The monoisotopic (exact) mass is 495 g/mol. The Labute approximate surface area is 207 Å². The molecule has 10 heteroatoms. The molecule has 3 aromatic rings. The van der Waals surface area contributed by atoms with Gasteiger partial charge in [0.2, 0.25) is 5.78 Å².